The van der Waals surface area contributed by atoms with Crippen molar-refractivity contribution in [2.75, 3.05) is 27.0 Å². The van der Waals surface area contributed by atoms with Gasteiger partial charge in [-0.1, -0.05) is 6.58 Å². The van der Waals surface area contributed by atoms with Crippen molar-refractivity contribution in [1.29, 1.82) is 0 Å². The molecule has 1 unspecified atom stereocenters. The molecule has 0 amide bonds. The fourth-order valence-corrected chi connectivity index (χ4v) is 1.02. The topological polar surface area (TPSA) is 61.8 Å². The SMILES string of the molecule is C=C(C)C(=O)OCCOP(C)(=O)OC. The average Bonchev–Trinajstić information content (AvgIpc) is 2.12. The molecular formula is C8H15O5P. The van der Waals surface area contributed by atoms with Gasteiger partial charge < -0.3 is 13.8 Å². The van der Waals surface area contributed by atoms with Gasteiger partial charge in [-0.3, -0.25) is 4.57 Å². The Hall–Kier alpha value is -0.640. The van der Waals surface area contributed by atoms with Crippen LogP contribution in [0.3, 0.4) is 0 Å². The number of carbonyl (C=O) groups excluding carboxylic acids is 1. The van der Waals surface area contributed by atoms with Gasteiger partial charge in [0.2, 0.25) is 0 Å². The highest BCUT2D eigenvalue weighted by molar-refractivity contribution is 7.52. The van der Waals surface area contributed by atoms with Gasteiger partial charge >= 0.3 is 13.6 Å². The maximum absolute atomic E-state index is 11.2. The summed E-state index contributed by atoms with van der Waals surface area (Å²) in [6.45, 7) is 6.37. The van der Waals surface area contributed by atoms with Gasteiger partial charge in [-0.15, -0.1) is 0 Å². The second kappa shape index (κ2) is 5.96. The predicted octanol–water partition coefficient (Wildman–Crippen LogP) is 1.59. The van der Waals surface area contributed by atoms with Gasteiger partial charge in [-0.25, -0.2) is 4.79 Å². The standard InChI is InChI=1S/C8H15O5P/c1-7(2)8(9)12-5-6-13-14(4,10)11-3/h1,5-6H2,2-4H3. The third kappa shape index (κ3) is 5.91. The van der Waals surface area contributed by atoms with Crippen LogP contribution in [-0.4, -0.2) is 33.0 Å². The number of carbonyl (C=O) groups is 1. The number of hydrogen-bond donors (Lipinski definition) is 0. The van der Waals surface area contributed by atoms with Crippen molar-refractivity contribution in [1.82, 2.24) is 0 Å². The van der Waals surface area contributed by atoms with E-state index in [4.69, 9.17) is 9.26 Å². The first-order valence-corrected chi connectivity index (χ1v) is 5.98. The first-order valence-electron chi connectivity index (χ1n) is 3.99. The number of ether oxygens (including phenoxy) is 1. The van der Waals surface area contributed by atoms with Gasteiger partial charge in [-0.2, -0.15) is 0 Å². The zero-order valence-corrected chi connectivity index (χ0v) is 9.50. The van der Waals surface area contributed by atoms with E-state index >= 15 is 0 Å². The lowest BCUT2D eigenvalue weighted by Crippen LogP contribution is -2.10. The van der Waals surface area contributed by atoms with Crippen molar-refractivity contribution in [2.24, 2.45) is 0 Å². The molecule has 5 nitrogen and oxygen atoms in total. The molecule has 82 valence electrons. The molecule has 0 bridgehead atoms. The van der Waals surface area contributed by atoms with Crippen LogP contribution in [0.25, 0.3) is 0 Å². The van der Waals surface area contributed by atoms with Crippen LogP contribution in [0.2, 0.25) is 0 Å². The molecule has 0 N–H and O–H groups in total. The lowest BCUT2D eigenvalue weighted by atomic mass is 10.4. The minimum atomic E-state index is -2.97. The highest BCUT2D eigenvalue weighted by Crippen LogP contribution is 2.42. The minimum Gasteiger partial charge on any atom is -0.460 e. The van der Waals surface area contributed by atoms with Crippen LogP contribution in [0.4, 0.5) is 0 Å². The summed E-state index contributed by atoms with van der Waals surface area (Å²) in [5.41, 5.74) is 0.316. The van der Waals surface area contributed by atoms with Crippen molar-refractivity contribution < 1.29 is 23.1 Å². The Labute approximate surface area is 83.6 Å². The van der Waals surface area contributed by atoms with E-state index in [1.165, 1.54) is 13.8 Å². The first-order chi connectivity index (χ1) is 6.39. The smallest absolute Gasteiger partial charge is 0.333 e. The molecule has 0 saturated heterocycles. The molecule has 0 aliphatic rings. The molecule has 0 rings (SSSR count). The maximum atomic E-state index is 11.2. The van der Waals surface area contributed by atoms with Crippen molar-refractivity contribution in [3.8, 4) is 0 Å². The molecule has 14 heavy (non-hydrogen) atoms. The summed E-state index contributed by atoms with van der Waals surface area (Å²) in [7, 11) is -1.68. The molecule has 0 aliphatic heterocycles. The van der Waals surface area contributed by atoms with E-state index in [2.05, 4.69) is 11.1 Å². The van der Waals surface area contributed by atoms with E-state index in [0.717, 1.165) is 0 Å². The Morgan fingerprint density at radius 1 is 1.43 bits per heavy atom. The highest BCUT2D eigenvalue weighted by atomic mass is 31.2. The molecule has 0 aromatic carbocycles. The van der Waals surface area contributed by atoms with Crippen molar-refractivity contribution >= 4 is 13.6 Å². The summed E-state index contributed by atoms with van der Waals surface area (Å²) in [6.07, 6.45) is 0. The fourth-order valence-electron chi connectivity index (χ4n) is 0.513. The van der Waals surface area contributed by atoms with Crippen LogP contribution < -0.4 is 0 Å². The van der Waals surface area contributed by atoms with Gasteiger partial charge in [0.25, 0.3) is 0 Å². The van der Waals surface area contributed by atoms with Crippen LogP contribution >= 0.6 is 7.60 Å². The minimum absolute atomic E-state index is 0.0346. The normalized spacial score (nSPS) is 14.5. The molecule has 0 spiro atoms. The van der Waals surface area contributed by atoms with E-state index in [-0.39, 0.29) is 13.2 Å². The van der Waals surface area contributed by atoms with Gasteiger partial charge in [0.05, 0.1) is 6.61 Å². The third-order valence-electron chi connectivity index (χ3n) is 1.32. The molecule has 0 radical (unpaired) electrons. The molecule has 6 heteroatoms. The number of hydrogen-bond acceptors (Lipinski definition) is 5. The second-order valence-electron chi connectivity index (χ2n) is 2.70. The van der Waals surface area contributed by atoms with E-state index in [0.29, 0.717) is 5.57 Å². The van der Waals surface area contributed by atoms with Crippen molar-refractivity contribution in [2.45, 2.75) is 6.92 Å². The number of esters is 1. The molecule has 0 saturated carbocycles. The Morgan fingerprint density at radius 3 is 2.43 bits per heavy atom. The monoisotopic (exact) mass is 222 g/mol. The largest absolute Gasteiger partial charge is 0.460 e. The van der Waals surface area contributed by atoms with Gasteiger partial charge in [0, 0.05) is 19.3 Å². The van der Waals surface area contributed by atoms with E-state index in [1.54, 1.807) is 6.92 Å². The third-order valence-corrected chi connectivity index (χ3v) is 2.64. The van der Waals surface area contributed by atoms with Crippen LogP contribution in [0.15, 0.2) is 12.2 Å². The molecular weight excluding hydrogens is 207 g/mol. The molecule has 0 fully saturated rings. The summed E-state index contributed by atoms with van der Waals surface area (Å²) >= 11 is 0. The van der Waals surface area contributed by atoms with Crippen LogP contribution in [0.5, 0.6) is 0 Å². The molecule has 1 atom stereocenters. The lowest BCUT2D eigenvalue weighted by molar-refractivity contribution is -0.139. The van der Waals surface area contributed by atoms with Crippen LogP contribution in [-0.2, 0) is 23.1 Å². The zero-order valence-electron chi connectivity index (χ0n) is 8.61. The van der Waals surface area contributed by atoms with Crippen molar-refractivity contribution in [3.63, 3.8) is 0 Å². The summed E-state index contributed by atoms with van der Waals surface area (Å²) in [5, 5.41) is 0. The van der Waals surface area contributed by atoms with Gasteiger partial charge in [0.15, 0.2) is 0 Å². The van der Waals surface area contributed by atoms with E-state index in [9.17, 15) is 9.36 Å². The second-order valence-corrected chi connectivity index (χ2v) is 4.87. The maximum Gasteiger partial charge on any atom is 0.333 e. The molecule has 0 aromatic heterocycles. The quantitative estimate of drug-likeness (QED) is 0.295. The van der Waals surface area contributed by atoms with Gasteiger partial charge in [0.1, 0.15) is 6.61 Å². The molecule has 0 heterocycles. The summed E-state index contributed by atoms with van der Waals surface area (Å²) in [5.74, 6) is -0.489. The van der Waals surface area contributed by atoms with E-state index in [1.807, 2.05) is 0 Å². The fraction of sp³-hybridized carbons (Fsp3) is 0.625. The predicted molar refractivity (Wildman–Crippen MR) is 52.3 cm³/mol. The summed E-state index contributed by atoms with van der Waals surface area (Å²) in [4.78, 5) is 10.9. The molecule has 0 aromatic rings. The Kier molecular flexibility index (Phi) is 5.69. The summed E-state index contributed by atoms with van der Waals surface area (Å²) < 4.78 is 25.3. The van der Waals surface area contributed by atoms with Crippen LogP contribution in [0, 0.1) is 0 Å². The molecule has 0 aliphatic carbocycles. The zero-order chi connectivity index (χ0) is 11.2. The Morgan fingerprint density at radius 2 is 2.00 bits per heavy atom. The number of rotatable bonds is 6. The lowest BCUT2D eigenvalue weighted by Gasteiger charge is -2.10. The van der Waals surface area contributed by atoms with Crippen LogP contribution in [0.1, 0.15) is 6.92 Å². The average molecular weight is 222 g/mol. The first kappa shape index (κ1) is 13.4. The highest BCUT2D eigenvalue weighted by Gasteiger charge is 2.14. The summed E-state index contributed by atoms with van der Waals surface area (Å²) in [6, 6.07) is 0. The Balaban J connectivity index is 3.62. The van der Waals surface area contributed by atoms with Gasteiger partial charge in [-0.05, 0) is 6.92 Å². The van der Waals surface area contributed by atoms with E-state index < -0.39 is 13.6 Å². The Bertz CT molecular complexity index is 260. The van der Waals surface area contributed by atoms with Crippen molar-refractivity contribution in [3.05, 3.63) is 12.2 Å².